The first-order valence-electron chi connectivity index (χ1n) is 6.97. The summed E-state index contributed by atoms with van der Waals surface area (Å²) in [7, 11) is 1.88. The van der Waals surface area contributed by atoms with E-state index in [0.717, 1.165) is 30.5 Å². The van der Waals surface area contributed by atoms with Gasteiger partial charge in [-0.3, -0.25) is 9.48 Å². The average molecular weight is 264 g/mol. The van der Waals surface area contributed by atoms with Gasteiger partial charge in [-0.1, -0.05) is 19.8 Å². The molecule has 1 aromatic rings. The minimum Gasteiger partial charge on any atom is -0.350 e. The first kappa shape index (κ1) is 14.1. The van der Waals surface area contributed by atoms with E-state index in [0.29, 0.717) is 12.5 Å². The summed E-state index contributed by atoms with van der Waals surface area (Å²) in [6.07, 6.45) is 5.72. The van der Waals surface area contributed by atoms with E-state index in [1.807, 2.05) is 20.2 Å². The summed E-state index contributed by atoms with van der Waals surface area (Å²) in [6.45, 7) is 4.62. The Labute approximate surface area is 114 Å². The standard InChI is InChI=1S/C14H24N4O/c1-10-5-4-6-14(15,7-10)13(19)16-8-12-9-18(3)17-11(12)2/h9-10H,4-8,15H2,1-3H3,(H,16,19). The molecule has 1 aliphatic rings. The normalized spacial score (nSPS) is 27.3. The van der Waals surface area contributed by atoms with Gasteiger partial charge in [-0.15, -0.1) is 0 Å². The number of nitrogens with zero attached hydrogens (tertiary/aromatic N) is 2. The van der Waals surface area contributed by atoms with Crippen LogP contribution in [0.1, 0.15) is 43.9 Å². The molecule has 1 fully saturated rings. The maximum atomic E-state index is 12.3. The second-order valence-corrected chi connectivity index (χ2v) is 5.95. The molecule has 19 heavy (non-hydrogen) atoms. The Bertz CT molecular complexity index is 468. The van der Waals surface area contributed by atoms with Gasteiger partial charge in [0.15, 0.2) is 0 Å². The molecule has 5 heteroatoms. The van der Waals surface area contributed by atoms with Crippen molar-refractivity contribution in [2.75, 3.05) is 0 Å². The fourth-order valence-electron chi connectivity index (χ4n) is 2.97. The fraction of sp³-hybridized carbons (Fsp3) is 0.714. The fourth-order valence-corrected chi connectivity index (χ4v) is 2.97. The molecule has 2 unspecified atom stereocenters. The molecule has 2 atom stereocenters. The molecule has 0 spiro atoms. The highest BCUT2D eigenvalue weighted by molar-refractivity contribution is 5.86. The summed E-state index contributed by atoms with van der Waals surface area (Å²) in [5, 5.41) is 7.23. The van der Waals surface area contributed by atoms with Gasteiger partial charge in [0, 0.05) is 25.4 Å². The van der Waals surface area contributed by atoms with Crippen molar-refractivity contribution in [2.45, 2.75) is 51.6 Å². The smallest absolute Gasteiger partial charge is 0.240 e. The monoisotopic (exact) mass is 264 g/mol. The van der Waals surface area contributed by atoms with Gasteiger partial charge < -0.3 is 11.1 Å². The van der Waals surface area contributed by atoms with Crippen LogP contribution in [0.3, 0.4) is 0 Å². The van der Waals surface area contributed by atoms with E-state index in [2.05, 4.69) is 17.3 Å². The van der Waals surface area contributed by atoms with Gasteiger partial charge >= 0.3 is 0 Å². The minimum atomic E-state index is -0.687. The topological polar surface area (TPSA) is 72.9 Å². The lowest BCUT2D eigenvalue weighted by Gasteiger charge is -2.35. The van der Waals surface area contributed by atoms with Crippen LogP contribution in [-0.2, 0) is 18.4 Å². The molecule has 1 heterocycles. The predicted octanol–water partition coefficient (Wildman–Crippen LogP) is 1.25. The van der Waals surface area contributed by atoms with E-state index in [9.17, 15) is 4.79 Å². The molecule has 0 aromatic carbocycles. The number of nitrogens with two attached hydrogens (primary N) is 1. The van der Waals surface area contributed by atoms with Gasteiger partial charge in [0.25, 0.3) is 0 Å². The summed E-state index contributed by atoms with van der Waals surface area (Å²) in [4.78, 5) is 12.3. The summed E-state index contributed by atoms with van der Waals surface area (Å²) in [6, 6.07) is 0. The summed E-state index contributed by atoms with van der Waals surface area (Å²) in [5.74, 6) is 0.506. The van der Waals surface area contributed by atoms with E-state index in [-0.39, 0.29) is 5.91 Å². The van der Waals surface area contributed by atoms with Crippen molar-refractivity contribution in [3.8, 4) is 0 Å². The Kier molecular flexibility index (Phi) is 3.94. The van der Waals surface area contributed by atoms with Crippen molar-refractivity contribution in [1.29, 1.82) is 0 Å². The van der Waals surface area contributed by atoms with Gasteiger partial charge in [-0.2, -0.15) is 5.10 Å². The minimum absolute atomic E-state index is 0.0256. The Balaban J connectivity index is 1.95. The van der Waals surface area contributed by atoms with E-state index in [1.54, 1.807) is 4.68 Å². The molecule has 1 aliphatic carbocycles. The zero-order valence-corrected chi connectivity index (χ0v) is 12.1. The SMILES string of the molecule is Cc1nn(C)cc1CNC(=O)C1(N)CCCC(C)C1. The van der Waals surface area contributed by atoms with Crippen molar-refractivity contribution >= 4 is 5.91 Å². The molecule has 3 N–H and O–H groups in total. The average Bonchev–Trinajstić information content (AvgIpc) is 2.64. The molecule has 1 aromatic heterocycles. The van der Waals surface area contributed by atoms with Crippen LogP contribution in [0.25, 0.3) is 0 Å². The van der Waals surface area contributed by atoms with Crippen molar-refractivity contribution in [1.82, 2.24) is 15.1 Å². The number of carbonyl (C=O) groups excluding carboxylic acids is 1. The largest absolute Gasteiger partial charge is 0.350 e. The number of carbonyl (C=O) groups is 1. The van der Waals surface area contributed by atoms with Gasteiger partial charge in [0.2, 0.25) is 5.91 Å². The lowest BCUT2D eigenvalue weighted by molar-refractivity contribution is -0.128. The number of rotatable bonds is 3. The van der Waals surface area contributed by atoms with E-state index in [1.165, 1.54) is 6.42 Å². The zero-order valence-electron chi connectivity index (χ0n) is 12.1. The summed E-state index contributed by atoms with van der Waals surface area (Å²) in [5.41, 5.74) is 7.58. The molecule has 1 saturated carbocycles. The van der Waals surface area contributed by atoms with Gasteiger partial charge in [0.1, 0.15) is 0 Å². The van der Waals surface area contributed by atoms with E-state index < -0.39 is 5.54 Å². The first-order valence-corrected chi connectivity index (χ1v) is 6.97. The third-order valence-electron chi connectivity index (χ3n) is 4.04. The highest BCUT2D eigenvalue weighted by Gasteiger charge is 2.37. The second kappa shape index (κ2) is 5.33. The molecule has 5 nitrogen and oxygen atoms in total. The second-order valence-electron chi connectivity index (χ2n) is 5.95. The molecule has 0 radical (unpaired) electrons. The Morgan fingerprint density at radius 2 is 2.42 bits per heavy atom. The van der Waals surface area contributed by atoms with Crippen LogP contribution in [0.2, 0.25) is 0 Å². The number of aryl methyl sites for hydroxylation is 2. The number of nitrogens with one attached hydrogen (secondary N) is 1. The van der Waals surface area contributed by atoms with Crippen LogP contribution in [0.5, 0.6) is 0 Å². The van der Waals surface area contributed by atoms with Crippen LogP contribution < -0.4 is 11.1 Å². The third kappa shape index (κ3) is 3.15. The maximum absolute atomic E-state index is 12.3. The van der Waals surface area contributed by atoms with Gasteiger partial charge in [0.05, 0.1) is 11.2 Å². The zero-order chi connectivity index (χ0) is 14.0. The first-order chi connectivity index (χ1) is 8.90. The number of amides is 1. The van der Waals surface area contributed by atoms with Crippen LogP contribution in [0, 0.1) is 12.8 Å². The van der Waals surface area contributed by atoms with Crippen molar-refractivity contribution in [3.63, 3.8) is 0 Å². The summed E-state index contributed by atoms with van der Waals surface area (Å²) < 4.78 is 1.76. The maximum Gasteiger partial charge on any atom is 0.240 e. The van der Waals surface area contributed by atoms with Crippen LogP contribution >= 0.6 is 0 Å². The van der Waals surface area contributed by atoms with Crippen LogP contribution in [0.4, 0.5) is 0 Å². The van der Waals surface area contributed by atoms with E-state index >= 15 is 0 Å². The highest BCUT2D eigenvalue weighted by atomic mass is 16.2. The highest BCUT2D eigenvalue weighted by Crippen LogP contribution is 2.30. The molecule has 2 rings (SSSR count). The Hall–Kier alpha value is -1.36. The number of hydrogen-bond acceptors (Lipinski definition) is 3. The third-order valence-corrected chi connectivity index (χ3v) is 4.04. The Morgan fingerprint density at radius 3 is 3.00 bits per heavy atom. The lowest BCUT2D eigenvalue weighted by atomic mass is 9.76. The van der Waals surface area contributed by atoms with Crippen molar-refractivity contribution in [3.05, 3.63) is 17.5 Å². The molecular formula is C14H24N4O. The van der Waals surface area contributed by atoms with Crippen molar-refractivity contribution in [2.24, 2.45) is 18.7 Å². The molecule has 0 saturated heterocycles. The molecule has 0 bridgehead atoms. The quantitative estimate of drug-likeness (QED) is 0.863. The van der Waals surface area contributed by atoms with Crippen LogP contribution in [0.15, 0.2) is 6.20 Å². The predicted molar refractivity (Wildman–Crippen MR) is 74.3 cm³/mol. The van der Waals surface area contributed by atoms with Crippen LogP contribution in [-0.4, -0.2) is 21.2 Å². The molecule has 1 amide bonds. The van der Waals surface area contributed by atoms with E-state index in [4.69, 9.17) is 5.73 Å². The lowest BCUT2D eigenvalue weighted by Crippen LogP contribution is -2.56. The van der Waals surface area contributed by atoms with Crippen molar-refractivity contribution < 1.29 is 4.79 Å². The molecule has 0 aliphatic heterocycles. The molecular weight excluding hydrogens is 240 g/mol. The van der Waals surface area contributed by atoms with Gasteiger partial charge in [-0.25, -0.2) is 0 Å². The molecule has 106 valence electrons. The Morgan fingerprint density at radius 1 is 1.68 bits per heavy atom. The number of aromatic nitrogens is 2. The van der Waals surface area contributed by atoms with Gasteiger partial charge in [-0.05, 0) is 25.7 Å². The number of hydrogen-bond donors (Lipinski definition) is 2. The summed E-state index contributed by atoms with van der Waals surface area (Å²) >= 11 is 0.